The fourth-order valence-electron chi connectivity index (χ4n) is 3.58. The van der Waals surface area contributed by atoms with Crippen LogP contribution in [0.25, 0.3) is 0 Å². The summed E-state index contributed by atoms with van der Waals surface area (Å²) in [6, 6.07) is 12.6. The van der Waals surface area contributed by atoms with Gasteiger partial charge >= 0.3 is 0 Å². The number of halogens is 2. The van der Waals surface area contributed by atoms with Gasteiger partial charge in [0.25, 0.3) is 0 Å². The van der Waals surface area contributed by atoms with Crippen molar-refractivity contribution in [3.05, 3.63) is 71.3 Å². The van der Waals surface area contributed by atoms with Crippen molar-refractivity contribution in [2.24, 2.45) is 11.1 Å². The third-order valence-electron chi connectivity index (χ3n) is 5.39. The minimum Gasteiger partial charge on any atom is -0.390 e. The van der Waals surface area contributed by atoms with Crippen LogP contribution in [0.1, 0.15) is 36.8 Å². The Labute approximate surface area is 162 Å². The van der Waals surface area contributed by atoms with Gasteiger partial charge in [-0.15, -0.1) is 0 Å². The van der Waals surface area contributed by atoms with Crippen LogP contribution >= 0.6 is 0 Å². The molecule has 28 heavy (non-hydrogen) atoms. The first-order valence-corrected chi connectivity index (χ1v) is 9.61. The van der Waals surface area contributed by atoms with E-state index >= 15 is 0 Å². The zero-order valence-corrected chi connectivity index (χ0v) is 15.5. The maximum Gasteiger partial charge on any atom is 0.226 e. The summed E-state index contributed by atoms with van der Waals surface area (Å²) in [6.07, 6.45) is 3.00. The van der Waals surface area contributed by atoms with E-state index in [0.29, 0.717) is 30.8 Å². The maximum atomic E-state index is 14.0. The highest BCUT2D eigenvalue weighted by Crippen LogP contribution is 2.30. The number of carbonyl (C=O) groups excluding carboxylic acids is 1. The van der Waals surface area contributed by atoms with Crippen LogP contribution in [0.3, 0.4) is 0 Å². The molecule has 146 valence electrons. The molecular formula is C22H22F2N2O2. The molecule has 1 heterocycles. The van der Waals surface area contributed by atoms with Crippen LogP contribution in [0.5, 0.6) is 0 Å². The normalized spacial score (nSPS) is 18.9. The predicted molar refractivity (Wildman–Crippen MR) is 102 cm³/mol. The zero-order valence-electron chi connectivity index (χ0n) is 15.5. The van der Waals surface area contributed by atoms with Gasteiger partial charge in [0, 0.05) is 24.4 Å². The van der Waals surface area contributed by atoms with Crippen LogP contribution in [0.2, 0.25) is 0 Å². The molecule has 0 aromatic heterocycles. The van der Waals surface area contributed by atoms with Gasteiger partial charge in [-0.25, -0.2) is 8.78 Å². The van der Waals surface area contributed by atoms with E-state index in [2.05, 4.69) is 5.16 Å². The monoisotopic (exact) mass is 384 g/mol. The summed E-state index contributed by atoms with van der Waals surface area (Å²) >= 11 is 0. The quantitative estimate of drug-likeness (QED) is 0.746. The molecule has 6 heteroatoms. The standard InChI is InChI=1S/C22H22F2N2O2/c23-17-10-8-15(9-11-17)13-26(22(27)16-4-3-5-16)14-18-12-21(25-28-18)19-6-1-2-7-20(19)24/h1-2,6-11,16,18H,3-5,12-14H2. The number of benzene rings is 2. The molecule has 0 radical (unpaired) electrons. The SMILES string of the molecule is O=C(C1CCC1)N(Cc1ccc(F)cc1)CC1CC(c2ccccc2F)=NO1. The lowest BCUT2D eigenvalue weighted by Crippen LogP contribution is -2.42. The van der Waals surface area contributed by atoms with E-state index in [4.69, 9.17) is 4.84 Å². The van der Waals surface area contributed by atoms with Crippen molar-refractivity contribution in [1.29, 1.82) is 0 Å². The van der Waals surface area contributed by atoms with E-state index < -0.39 is 0 Å². The molecule has 0 spiro atoms. The van der Waals surface area contributed by atoms with E-state index in [1.165, 1.54) is 18.2 Å². The number of hydrogen-bond donors (Lipinski definition) is 0. The molecule has 0 saturated heterocycles. The number of hydrogen-bond acceptors (Lipinski definition) is 3. The van der Waals surface area contributed by atoms with Crippen molar-refractivity contribution in [3.8, 4) is 0 Å². The van der Waals surface area contributed by atoms with Crippen molar-refractivity contribution in [2.75, 3.05) is 6.54 Å². The molecule has 1 saturated carbocycles. The number of amides is 1. The molecule has 1 aliphatic heterocycles. The van der Waals surface area contributed by atoms with Gasteiger partial charge in [-0.2, -0.15) is 0 Å². The Morgan fingerprint density at radius 3 is 2.54 bits per heavy atom. The van der Waals surface area contributed by atoms with Crippen LogP contribution in [0, 0.1) is 17.6 Å². The van der Waals surface area contributed by atoms with Crippen molar-refractivity contribution in [3.63, 3.8) is 0 Å². The van der Waals surface area contributed by atoms with Crippen LogP contribution < -0.4 is 0 Å². The summed E-state index contributed by atoms with van der Waals surface area (Å²) in [4.78, 5) is 20.2. The Hall–Kier alpha value is -2.76. The highest BCUT2D eigenvalue weighted by atomic mass is 19.1. The highest BCUT2D eigenvalue weighted by Gasteiger charge is 2.33. The van der Waals surface area contributed by atoms with Gasteiger partial charge in [0.1, 0.15) is 11.6 Å². The van der Waals surface area contributed by atoms with Gasteiger partial charge in [-0.1, -0.05) is 41.9 Å². The van der Waals surface area contributed by atoms with Gasteiger partial charge in [-0.05, 0) is 36.6 Å². The van der Waals surface area contributed by atoms with Gasteiger partial charge in [0.05, 0.1) is 12.3 Å². The first-order valence-electron chi connectivity index (χ1n) is 9.61. The third-order valence-corrected chi connectivity index (χ3v) is 5.39. The summed E-state index contributed by atoms with van der Waals surface area (Å²) in [7, 11) is 0. The molecule has 1 amide bonds. The average molecular weight is 384 g/mol. The minimum absolute atomic E-state index is 0.0498. The Morgan fingerprint density at radius 1 is 1.11 bits per heavy atom. The van der Waals surface area contributed by atoms with Crippen LogP contribution in [-0.2, 0) is 16.2 Å². The highest BCUT2D eigenvalue weighted by molar-refractivity contribution is 6.01. The third kappa shape index (κ3) is 4.06. The Balaban J connectivity index is 1.44. The Morgan fingerprint density at radius 2 is 1.86 bits per heavy atom. The summed E-state index contributed by atoms with van der Waals surface area (Å²) in [5.74, 6) is -0.491. The fraction of sp³-hybridized carbons (Fsp3) is 0.364. The molecule has 2 aromatic carbocycles. The second-order valence-electron chi connectivity index (χ2n) is 7.42. The summed E-state index contributed by atoms with van der Waals surface area (Å²) in [5, 5.41) is 4.05. The lowest BCUT2D eigenvalue weighted by Gasteiger charge is -2.32. The van der Waals surface area contributed by atoms with Crippen LogP contribution in [0.15, 0.2) is 53.7 Å². The number of carbonyl (C=O) groups is 1. The smallest absolute Gasteiger partial charge is 0.226 e. The summed E-state index contributed by atoms with van der Waals surface area (Å²) < 4.78 is 27.2. The lowest BCUT2D eigenvalue weighted by molar-refractivity contribution is -0.140. The van der Waals surface area contributed by atoms with Gasteiger partial charge in [-0.3, -0.25) is 4.79 Å². The van der Waals surface area contributed by atoms with Gasteiger partial charge in [0.2, 0.25) is 5.91 Å². The molecule has 2 aromatic rings. The molecule has 0 bridgehead atoms. The predicted octanol–water partition coefficient (Wildman–Crippen LogP) is 4.29. The van der Waals surface area contributed by atoms with E-state index in [1.54, 1.807) is 35.2 Å². The second kappa shape index (κ2) is 8.09. The topological polar surface area (TPSA) is 41.9 Å². The van der Waals surface area contributed by atoms with E-state index in [9.17, 15) is 13.6 Å². The number of oxime groups is 1. The molecule has 2 aliphatic rings. The van der Waals surface area contributed by atoms with E-state index in [1.807, 2.05) is 0 Å². The number of rotatable bonds is 6. The average Bonchev–Trinajstić information content (AvgIpc) is 3.10. The van der Waals surface area contributed by atoms with Gasteiger partial charge in [0.15, 0.2) is 6.10 Å². The van der Waals surface area contributed by atoms with Gasteiger partial charge < -0.3 is 9.74 Å². The first-order chi connectivity index (χ1) is 13.6. The van der Waals surface area contributed by atoms with Crippen molar-refractivity contribution in [1.82, 2.24) is 4.90 Å². The van der Waals surface area contributed by atoms with Crippen molar-refractivity contribution in [2.45, 2.75) is 38.3 Å². The number of nitrogens with zero attached hydrogens (tertiary/aromatic N) is 2. The Bertz CT molecular complexity index is 878. The minimum atomic E-state index is -0.334. The van der Waals surface area contributed by atoms with Crippen molar-refractivity contribution >= 4 is 11.6 Å². The molecule has 4 nitrogen and oxygen atoms in total. The molecule has 4 rings (SSSR count). The van der Waals surface area contributed by atoms with Crippen molar-refractivity contribution < 1.29 is 18.4 Å². The molecule has 1 atom stereocenters. The summed E-state index contributed by atoms with van der Waals surface area (Å²) in [5.41, 5.74) is 1.85. The molecule has 0 N–H and O–H groups in total. The first kappa shape index (κ1) is 18.6. The van der Waals surface area contributed by atoms with E-state index in [-0.39, 0.29) is 29.6 Å². The fourth-order valence-corrected chi connectivity index (χ4v) is 3.58. The van der Waals surface area contributed by atoms with Crippen LogP contribution in [0.4, 0.5) is 8.78 Å². The molecule has 1 unspecified atom stereocenters. The zero-order chi connectivity index (χ0) is 19.5. The Kier molecular flexibility index (Phi) is 5.37. The largest absolute Gasteiger partial charge is 0.390 e. The molecular weight excluding hydrogens is 362 g/mol. The second-order valence-corrected chi connectivity index (χ2v) is 7.42. The maximum absolute atomic E-state index is 14.0. The van der Waals surface area contributed by atoms with Crippen LogP contribution in [-0.4, -0.2) is 29.2 Å². The molecule has 1 fully saturated rings. The molecule has 1 aliphatic carbocycles. The summed E-state index contributed by atoms with van der Waals surface area (Å²) in [6.45, 7) is 0.763. The van der Waals surface area contributed by atoms with E-state index in [0.717, 1.165) is 24.8 Å². The lowest BCUT2D eigenvalue weighted by atomic mass is 9.84.